The topological polar surface area (TPSA) is 78.3 Å². The Kier molecular flexibility index (Phi) is 6.84. The summed E-state index contributed by atoms with van der Waals surface area (Å²) in [5.74, 6) is 0. The maximum atomic E-state index is 9.13. The fourth-order valence-electron chi connectivity index (χ4n) is 6.14. The summed E-state index contributed by atoms with van der Waals surface area (Å²) in [6.45, 7) is 0. The van der Waals surface area contributed by atoms with Gasteiger partial charge in [-0.15, -0.1) is 0 Å². The number of nitrogens with zero attached hydrogens (tertiary/aromatic N) is 5. The molecule has 3 aromatic heterocycles. The smallest absolute Gasteiger partial charge is 0.0991 e. The Hall–Kier alpha value is -6.82. The fourth-order valence-corrected chi connectivity index (χ4v) is 6.14. The summed E-state index contributed by atoms with van der Waals surface area (Å²) in [6, 6.07) is 51.2. The molecule has 0 amide bonds. The van der Waals surface area contributed by atoms with Gasteiger partial charge < -0.3 is 4.57 Å². The van der Waals surface area contributed by atoms with Crippen LogP contribution in [0.3, 0.4) is 0 Å². The molecule has 5 aromatic carbocycles. The van der Waals surface area contributed by atoms with Crippen LogP contribution in [0.5, 0.6) is 0 Å². The lowest BCUT2D eigenvalue weighted by Crippen LogP contribution is -1.93. The first-order valence-corrected chi connectivity index (χ1v) is 15.3. The Morgan fingerprint density at radius 2 is 0.851 bits per heavy atom. The monoisotopic (exact) mass is 599 g/mol. The predicted octanol–water partition coefficient (Wildman–Crippen LogP) is 9.99. The molecule has 0 saturated heterocycles. The highest BCUT2D eigenvalue weighted by Gasteiger charge is 2.15. The molecule has 0 aliphatic heterocycles. The molecule has 5 nitrogen and oxygen atoms in total. The Bertz CT molecular complexity index is 2320. The fraction of sp³-hybridized carbons (Fsp3) is 0. The first kappa shape index (κ1) is 27.7. The van der Waals surface area contributed by atoms with Crippen LogP contribution in [0.1, 0.15) is 11.1 Å². The molecule has 0 aliphatic carbocycles. The van der Waals surface area contributed by atoms with Gasteiger partial charge in [0.2, 0.25) is 0 Å². The van der Waals surface area contributed by atoms with E-state index in [9.17, 15) is 0 Å². The van der Waals surface area contributed by atoms with Gasteiger partial charge in [-0.05, 0) is 83.9 Å². The predicted molar refractivity (Wildman–Crippen MR) is 188 cm³/mol. The summed E-state index contributed by atoms with van der Waals surface area (Å²) in [6.07, 6.45) is 3.83. The Morgan fingerprint density at radius 1 is 0.426 bits per heavy atom. The molecule has 0 spiro atoms. The maximum Gasteiger partial charge on any atom is 0.0991 e. The highest BCUT2D eigenvalue weighted by atomic mass is 15.0. The van der Waals surface area contributed by atoms with E-state index in [4.69, 9.17) is 20.5 Å². The zero-order valence-corrected chi connectivity index (χ0v) is 25.2. The van der Waals surface area contributed by atoms with E-state index in [1.165, 1.54) is 0 Å². The van der Waals surface area contributed by atoms with Crippen molar-refractivity contribution in [2.45, 2.75) is 0 Å². The van der Waals surface area contributed by atoms with Crippen molar-refractivity contribution in [3.05, 3.63) is 163 Å². The van der Waals surface area contributed by atoms with Gasteiger partial charge in [0.1, 0.15) is 0 Å². The number of para-hydroxylation sites is 1. The Labute approximate surface area is 271 Å². The molecular weight excluding hydrogens is 574 g/mol. The summed E-state index contributed by atoms with van der Waals surface area (Å²) in [4.78, 5) is 9.52. The standard InChI is InChI=1S/C42H25N5/c43-24-28-6-10-30(11-7-28)39-18-14-34(26-45-39)32-16-20-41-37(22-32)38-23-33(17-21-42(38)47(41)36-4-2-1-3-5-36)35-15-19-40(46-27-35)31-12-8-29(25-44)9-13-31/h1-23,26-27H. The molecule has 0 N–H and O–H groups in total. The molecule has 3 heterocycles. The van der Waals surface area contributed by atoms with Gasteiger partial charge in [-0.2, -0.15) is 10.5 Å². The molecule has 0 aliphatic rings. The Morgan fingerprint density at radius 3 is 1.26 bits per heavy atom. The minimum Gasteiger partial charge on any atom is -0.309 e. The molecule has 0 radical (unpaired) electrons. The van der Waals surface area contributed by atoms with E-state index in [1.54, 1.807) is 0 Å². The minimum atomic E-state index is 0.632. The zero-order valence-electron chi connectivity index (χ0n) is 25.2. The van der Waals surface area contributed by atoms with Crippen molar-refractivity contribution >= 4 is 21.8 Å². The molecule has 0 bridgehead atoms. The molecule has 218 valence electrons. The third kappa shape index (κ3) is 5.09. The van der Waals surface area contributed by atoms with Crippen LogP contribution >= 0.6 is 0 Å². The van der Waals surface area contributed by atoms with E-state index in [1.807, 2.05) is 79.1 Å². The van der Waals surface area contributed by atoms with E-state index >= 15 is 0 Å². The zero-order chi connectivity index (χ0) is 31.7. The minimum absolute atomic E-state index is 0.632. The summed E-state index contributed by atoms with van der Waals surface area (Å²) < 4.78 is 2.32. The van der Waals surface area contributed by atoms with E-state index < -0.39 is 0 Å². The van der Waals surface area contributed by atoms with Crippen molar-refractivity contribution in [1.82, 2.24) is 14.5 Å². The molecule has 5 heteroatoms. The highest BCUT2D eigenvalue weighted by molar-refractivity contribution is 6.11. The van der Waals surface area contributed by atoms with Gasteiger partial charge >= 0.3 is 0 Å². The van der Waals surface area contributed by atoms with Gasteiger partial charge in [-0.1, -0.05) is 66.7 Å². The van der Waals surface area contributed by atoms with Crippen molar-refractivity contribution in [2.75, 3.05) is 0 Å². The van der Waals surface area contributed by atoms with Crippen LogP contribution in [0, 0.1) is 22.7 Å². The van der Waals surface area contributed by atoms with E-state index in [0.717, 1.165) is 72.3 Å². The number of fused-ring (bicyclic) bond motifs is 3. The molecule has 8 aromatic rings. The second-order valence-corrected chi connectivity index (χ2v) is 11.4. The lowest BCUT2D eigenvalue weighted by Gasteiger charge is -2.09. The highest BCUT2D eigenvalue weighted by Crippen LogP contribution is 2.37. The first-order valence-electron chi connectivity index (χ1n) is 15.3. The van der Waals surface area contributed by atoms with Crippen molar-refractivity contribution in [2.24, 2.45) is 0 Å². The lowest BCUT2D eigenvalue weighted by atomic mass is 10.0. The molecule has 0 atom stereocenters. The average Bonchev–Trinajstić information content (AvgIpc) is 3.48. The number of pyridine rings is 2. The van der Waals surface area contributed by atoms with Crippen LogP contribution in [0.25, 0.3) is 72.3 Å². The SMILES string of the molecule is N#Cc1ccc(-c2ccc(-c3ccc4c(c3)c3cc(-c5ccc(-c6ccc(C#N)cc6)nc5)ccc3n4-c3ccccc3)cn2)cc1. The van der Waals surface area contributed by atoms with E-state index in [0.29, 0.717) is 11.1 Å². The van der Waals surface area contributed by atoms with Crippen LogP contribution in [0.15, 0.2) is 152 Å². The number of benzene rings is 5. The number of aromatic nitrogens is 3. The van der Waals surface area contributed by atoms with Crippen molar-refractivity contribution in [1.29, 1.82) is 10.5 Å². The van der Waals surface area contributed by atoms with Gasteiger partial charge in [-0.3, -0.25) is 9.97 Å². The number of hydrogen-bond acceptors (Lipinski definition) is 4. The summed E-state index contributed by atoms with van der Waals surface area (Å²) in [7, 11) is 0. The number of hydrogen-bond donors (Lipinski definition) is 0. The van der Waals surface area contributed by atoms with Crippen molar-refractivity contribution < 1.29 is 0 Å². The van der Waals surface area contributed by atoms with Crippen LogP contribution in [0.2, 0.25) is 0 Å². The van der Waals surface area contributed by atoms with Crippen LogP contribution in [-0.2, 0) is 0 Å². The summed E-state index contributed by atoms with van der Waals surface area (Å²) >= 11 is 0. The van der Waals surface area contributed by atoms with E-state index in [-0.39, 0.29) is 0 Å². The quantitative estimate of drug-likeness (QED) is 0.197. The van der Waals surface area contributed by atoms with Gasteiger partial charge in [0, 0.05) is 51.1 Å². The molecule has 0 fully saturated rings. The second-order valence-electron chi connectivity index (χ2n) is 11.4. The van der Waals surface area contributed by atoms with Gasteiger partial charge in [0.05, 0.1) is 45.7 Å². The molecule has 47 heavy (non-hydrogen) atoms. The molecule has 8 rings (SSSR count). The number of rotatable bonds is 5. The van der Waals surface area contributed by atoms with Gasteiger partial charge in [0.25, 0.3) is 0 Å². The maximum absolute atomic E-state index is 9.13. The largest absolute Gasteiger partial charge is 0.309 e. The Balaban J connectivity index is 1.21. The van der Waals surface area contributed by atoms with Gasteiger partial charge in [-0.25, -0.2) is 0 Å². The molecule has 0 saturated carbocycles. The van der Waals surface area contributed by atoms with E-state index in [2.05, 4.69) is 89.5 Å². The van der Waals surface area contributed by atoms with Crippen molar-refractivity contribution in [3.63, 3.8) is 0 Å². The lowest BCUT2D eigenvalue weighted by molar-refractivity contribution is 1.18. The van der Waals surface area contributed by atoms with Crippen molar-refractivity contribution in [3.8, 4) is 62.6 Å². The second kappa shape index (κ2) is 11.6. The van der Waals surface area contributed by atoms with Crippen LogP contribution in [-0.4, -0.2) is 14.5 Å². The third-order valence-electron chi connectivity index (χ3n) is 8.59. The average molecular weight is 600 g/mol. The first-order chi connectivity index (χ1) is 23.2. The summed E-state index contributed by atoms with van der Waals surface area (Å²) in [5.41, 5.74) is 12.5. The molecular formula is C42H25N5. The summed E-state index contributed by atoms with van der Waals surface area (Å²) in [5, 5.41) is 20.6. The van der Waals surface area contributed by atoms with Gasteiger partial charge in [0.15, 0.2) is 0 Å². The molecule has 0 unspecified atom stereocenters. The van der Waals surface area contributed by atoms with Crippen LogP contribution in [0.4, 0.5) is 0 Å². The third-order valence-corrected chi connectivity index (χ3v) is 8.59. The normalized spacial score (nSPS) is 10.9. The van der Waals surface area contributed by atoms with Crippen LogP contribution < -0.4 is 0 Å². The number of nitriles is 2.